The average molecular weight is 374 g/mol. The van der Waals surface area contributed by atoms with Crippen molar-refractivity contribution in [3.8, 4) is 0 Å². The third kappa shape index (κ3) is 4.52. The lowest BCUT2D eigenvalue weighted by molar-refractivity contribution is -0.120. The molecule has 1 aliphatic carbocycles. The third-order valence-electron chi connectivity index (χ3n) is 4.53. The van der Waals surface area contributed by atoms with Crippen molar-refractivity contribution in [1.82, 2.24) is 0 Å². The molecule has 0 spiro atoms. The number of carboxylic acids is 1. The molecule has 1 fully saturated rings. The van der Waals surface area contributed by atoms with E-state index < -0.39 is 17.7 Å². The summed E-state index contributed by atoms with van der Waals surface area (Å²) in [5, 5.41) is 13.9. The Morgan fingerprint density at radius 1 is 1.07 bits per heavy atom. The van der Waals surface area contributed by atoms with Gasteiger partial charge in [-0.2, -0.15) is 0 Å². The topological polar surface area (TPSA) is 109 Å². The smallest absolute Gasteiger partial charge is 0.338 e. The molecule has 0 aliphatic heterocycles. The highest BCUT2D eigenvalue weighted by Crippen LogP contribution is 2.26. The second-order valence-corrected chi connectivity index (χ2v) is 6.48. The van der Waals surface area contributed by atoms with Crippen molar-refractivity contribution >= 4 is 29.2 Å². The third-order valence-corrected chi connectivity index (χ3v) is 4.53. The van der Waals surface area contributed by atoms with Gasteiger partial charge in [-0.05, 0) is 31.0 Å². The largest absolute Gasteiger partial charge is 0.478 e. The number of anilines is 2. The molecule has 1 aromatic heterocycles. The average Bonchev–Trinajstić information content (AvgIpc) is 3.16. The molecule has 1 saturated carbocycles. The molecule has 1 aliphatic rings. The van der Waals surface area contributed by atoms with Crippen LogP contribution in [0.3, 0.4) is 0 Å². The van der Waals surface area contributed by atoms with Crippen LogP contribution in [-0.2, 0) is 4.79 Å². The van der Waals surface area contributed by atoms with E-state index in [-0.39, 0.29) is 34.5 Å². The van der Waals surface area contributed by atoms with Crippen LogP contribution in [0.15, 0.2) is 34.9 Å². The van der Waals surface area contributed by atoms with Gasteiger partial charge < -0.3 is 20.2 Å². The zero-order chi connectivity index (χ0) is 19.4. The van der Waals surface area contributed by atoms with Gasteiger partial charge in [0.15, 0.2) is 5.76 Å². The van der Waals surface area contributed by atoms with E-state index in [1.54, 1.807) is 0 Å². The number of aromatic carboxylic acids is 1. The maximum atomic E-state index is 14.0. The minimum absolute atomic E-state index is 0.0194. The Hall–Kier alpha value is -3.16. The lowest BCUT2D eigenvalue weighted by atomic mass is 9.88. The fraction of sp³-hybridized carbons (Fsp3) is 0.316. The van der Waals surface area contributed by atoms with Gasteiger partial charge >= 0.3 is 5.97 Å². The summed E-state index contributed by atoms with van der Waals surface area (Å²) in [6, 6.07) is 4.88. The molecule has 8 heteroatoms. The number of nitrogens with one attached hydrogen (secondary N) is 2. The predicted molar refractivity (Wildman–Crippen MR) is 95.2 cm³/mol. The molecule has 3 N–H and O–H groups in total. The van der Waals surface area contributed by atoms with Crippen molar-refractivity contribution in [2.45, 2.75) is 32.1 Å². The number of rotatable bonds is 5. The summed E-state index contributed by atoms with van der Waals surface area (Å²) in [6.07, 6.45) is 5.60. The minimum atomic E-state index is -1.22. The molecular weight excluding hydrogens is 355 g/mol. The van der Waals surface area contributed by atoms with Crippen LogP contribution in [0.4, 0.5) is 15.8 Å². The monoisotopic (exact) mass is 374 g/mol. The van der Waals surface area contributed by atoms with Gasteiger partial charge in [0.25, 0.3) is 5.91 Å². The number of hydrogen-bond donors (Lipinski definition) is 3. The molecule has 0 saturated heterocycles. The zero-order valence-corrected chi connectivity index (χ0v) is 14.5. The van der Waals surface area contributed by atoms with Crippen LogP contribution in [0.25, 0.3) is 0 Å². The van der Waals surface area contributed by atoms with E-state index in [0.717, 1.165) is 50.5 Å². The molecule has 27 heavy (non-hydrogen) atoms. The summed E-state index contributed by atoms with van der Waals surface area (Å²) in [5.41, 5.74) is 0.0716. The molecule has 0 atom stereocenters. The zero-order valence-electron chi connectivity index (χ0n) is 14.5. The Bertz CT molecular complexity index is 871. The van der Waals surface area contributed by atoms with Gasteiger partial charge in [0.05, 0.1) is 11.3 Å². The van der Waals surface area contributed by atoms with Crippen LogP contribution >= 0.6 is 0 Å². The fourth-order valence-corrected chi connectivity index (χ4v) is 3.06. The van der Waals surface area contributed by atoms with E-state index in [4.69, 9.17) is 9.52 Å². The maximum Gasteiger partial charge on any atom is 0.338 e. The highest BCUT2D eigenvalue weighted by Gasteiger charge is 2.22. The van der Waals surface area contributed by atoms with E-state index in [1.165, 1.54) is 12.1 Å². The standard InChI is InChI=1S/C19H19FN2O5/c20-14-7-6-13(21-18(24)16-8-12(10-27-16)19(25)26)9-15(14)22-17(23)11-4-2-1-3-5-11/h6-11H,1-5H2,(H,21,24)(H,22,23)(H,25,26). The molecule has 0 radical (unpaired) electrons. The first-order valence-electron chi connectivity index (χ1n) is 8.67. The van der Waals surface area contributed by atoms with E-state index in [2.05, 4.69) is 10.6 Å². The number of furan rings is 1. The first kappa shape index (κ1) is 18.6. The van der Waals surface area contributed by atoms with Crippen LogP contribution in [0.2, 0.25) is 0 Å². The molecule has 2 aromatic rings. The number of amides is 2. The fourth-order valence-electron chi connectivity index (χ4n) is 3.06. The lowest BCUT2D eigenvalue weighted by Crippen LogP contribution is -2.25. The van der Waals surface area contributed by atoms with E-state index in [0.29, 0.717) is 0 Å². The van der Waals surface area contributed by atoms with Crippen LogP contribution in [0, 0.1) is 11.7 Å². The van der Waals surface area contributed by atoms with Crippen LogP contribution in [-0.4, -0.2) is 22.9 Å². The van der Waals surface area contributed by atoms with Gasteiger partial charge in [-0.15, -0.1) is 0 Å². The lowest BCUT2D eigenvalue weighted by Gasteiger charge is -2.21. The quantitative estimate of drug-likeness (QED) is 0.736. The van der Waals surface area contributed by atoms with Crippen LogP contribution < -0.4 is 10.6 Å². The first-order chi connectivity index (χ1) is 12.9. The summed E-state index contributed by atoms with van der Waals surface area (Å²) in [6.45, 7) is 0. The van der Waals surface area contributed by atoms with Crippen molar-refractivity contribution in [2.24, 2.45) is 5.92 Å². The number of carbonyl (C=O) groups excluding carboxylic acids is 2. The van der Waals surface area contributed by atoms with Crippen molar-refractivity contribution in [3.63, 3.8) is 0 Å². The Balaban J connectivity index is 1.69. The molecule has 1 aromatic carbocycles. The Kier molecular flexibility index (Phi) is 5.54. The van der Waals surface area contributed by atoms with Gasteiger partial charge in [-0.3, -0.25) is 9.59 Å². The SMILES string of the molecule is O=C(O)c1coc(C(=O)Nc2ccc(F)c(NC(=O)C3CCCCC3)c2)c1. The number of benzene rings is 1. The van der Waals surface area contributed by atoms with Crippen molar-refractivity contribution in [3.05, 3.63) is 47.7 Å². The van der Waals surface area contributed by atoms with Gasteiger partial charge in [-0.25, -0.2) is 9.18 Å². The highest BCUT2D eigenvalue weighted by molar-refractivity contribution is 6.04. The number of carbonyl (C=O) groups is 3. The second-order valence-electron chi connectivity index (χ2n) is 6.48. The summed E-state index contributed by atoms with van der Waals surface area (Å²) in [5.74, 6) is -3.05. The summed E-state index contributed by atoms with van der Waals surface area (Å²) in [4.78, 5) is 35.3. The summed E-state index contributed by atoms with van der Waals surface area (Å²) in [7, 11) is 0. The van der Waals surface area contributed by atoms with E-state index >= 15 is 0 Å². The Morgan fingerprint density at radius 3 is 2.48 bits per heavy atom. The Morgan fingerprint density at radius 2 is 1.81 bits per heavy atom. The van der Waals surface area contributed by atoms with Gasteiger partial charge in [0.1, 0.15) is 12.1 Å². The first-order valence-corrected chi connectivity index (χ1v) is 8.67. The van der Waals surface area contributed by atoms with E-state index in [9.17, 15) is 18.8 Å². The van der Waals surface area contributed by atoms with Gasteiger partial charge in [0.2, 0.25) is 5.91 Å². The summed E-state index contributed by atoms with van der Waals surface area (Å²) >= 11 is 0. The molecule has 142 valence electrons. The van der Waals surface area contributed by atoms with Crippen molar-refractivity contribution in [2.75, 3.05) is 10.6 Å². The maximum absolute atomic E-state index is 14.0. The molecular formula is C19H19FN2O5. The van der Waals surface area contributed by atoms with Crippen LogP contribution in [0.1, 0.15) is 53.0 Å². The molecule has 2 amide bonds. The molecule has 7 nitrogen and oxygen atoms in total. The number of carboxylic acid groups (broad SMARTS) is 1. The normalized spacial score (nSPS) is 14.6. The predicted octanol–water partition coefficient (Wildman–Crippen LogP) is 3.89. The molecule has 3 rings (SSSR count). The summed E-state index contributed by atoms with van der Waals surface area (Å²) < 4.78 is 19.0. The molecule has 0 bridgehead atoms. The number of halogens is 1. The number of hydrogen-bond acceptors (Lipinski definition) is 4. The van der Waals surface area contributed by atoms with E-state index in [1.807, 2.05) is 0 Å². The second kappa shape index (κ2) is 8.03. The van der Waals surface area contributed by atoms with Crippen LogP contribution in [0.5, 0.6) is 0 Å². The highest BCUT2D eigenvalue weighted by atomic mass is 19.1. The van der Waals surface area contributed by atoms with Crippen molar-refractivity contribution < 1.29 is 28.3 Å². The minimum Gasteiger partial charge on any atom is -0.478 e. The Labute approximate surface area is 154 Å². The molecule has 0 unspecified atom stereocenters. The van der Waals surface area contributed by atoms with Crippen molar-refractivity contribution in [1.29, 1.82) is 0 Å². The van der Waals surface area contributed by atoms with Gasteiger partial charge in [0, 0.05) is 17.7 Å². The van der Waals surface area contributed by atoms with Gasteiger partial charge in [-0.1, -0.05) is 19.3 Å². The molecule has 1 heterocycles.